The van der Waals surface area contributed by atoms with E-state index >= 15 is 0 Å². The molecule has 0 radical (unpaired) electrons. The van der Waals surface area contributed by atoms with Crippen molar-refractivity contribution in [2.45, 2.75) is 33.1 Å². The molecule has 0 fully saturated rings. The number of rotatable bonds is 7. The van der Waals surface area contributed by atoms with Gasteiger partial charge in [0.15, 0.2) is 0 Å². The van der Waals surface area contributed by atoms with Crippen molar-refractivity contribution in [1.82, 2.24) is 4.57 Å². The third-order valence-electron chi connectivity index (χ3n) is 15.5. The summed E-state index contributed by atoms with van der Waals surface area (Å²) in [4.78, 5) is 2.52. The summed E-state index contributed by atoms with van der Waals surface area (Å²) < 4.78 is 2.32. The molecule has 1 aliphatic carbocycles. The molecule has 0 amide bonds. The van der Waals surface area contributed by atoms with E-state index in [1.54, 1.807) is 0 Å². The van der Waals surface area contributed by atoms with Gasteiger partial charge in [-0.15, -0.1) is 0 Å². The van der Waals surface area contributed by atoms with Crippen LogP contribution in [0.2, 0.25) is 0 Å². The first-order valence-corrected chi connectivity index (χ1v) is 24.6. The molecule has 2 nitrogen and oxygen atoms in total. The molecule has 0 spiro atoms. The van der Waals surface area contributed by atoms with Crippen LogP contribution < -0.4 is 4.90 Å². The Hall–Kier alpha value is -8.46. The molecule has 0 atom stereocenters. The van der Waals surface area contributed by atoms with E-state index in [-0.39, 0.29) is 5.41 Å². The van der Waals surface area contributed by atoms with E-state index < -0.39 is 0 Å². The van der Waals surface area contributed by atoms with E-state index in [1.165, 1.54) is 127 Å². The van der Waals surface area contributed by atoms with Gasteiger partial charge in [-0.3, -0.25) is 0 Å². The third kappa shape index (κ3) is 6.47. The van der Waals surface area contributed by atoms with Crippen LogP contribution in [0.1, 0.15) is 36.1 Å². The zero-order valence-corrected chi connectivity index (χ0v) is 40.3. The first-order chi connectivity index (χ1) is 34.2. The van der Waals surface area contributed by atoms with Gasteiger partial charge < -0.3 is 9.47 Å². The smallest absolute Gasteiger partial charge is 0.0543 e. The van der Waals surface area contributed by atoms with Crippen molar-refractivity contribution in [3.63, 3.8) is 0 Å². The van der Waals surface area contributed by atoms with E-state index in [0.29, 0.717) is 0 Å². The van der Waals surface area contributed by atoms with Crippen LogP contribution in [0.15, 0.2) is 224 Å². The number of hydrogen-bond donors (Lipinski definition) is 0. The lowest BCUT2D eigenvalue weighted by atomic mass is 9.80. The highest BCUT2D eigenvalue weighted by atomic mass is 15.1. The summed E-state index contributed by atoms with van der Waals surface area (Å²) in [5.41, 5.74) is 23.3. The fraction of sp³-hybridized carbons (Fsp3) is 0.0882. The number of benzene rings is 11. The number of hydrogen-bond acceptors (Lipinski definition) is 1. The van der Waals surface area contributed by atoms with Gasteiger partial charge in [0.25, 0.3) is 0 Å². The predicted octanol–water partition coefficient (Wildman–Crippen LogP) is 18.7. The normalized spacial score (nSPS) is 12.8. The molecular weight excluding hydrogens is 845 g/mol. The number of anilines is 3. The zero-order chi connectivity index (χ0) is 47.3. The van der Waals surface area contributed by atoms with Gasteiger partial charge in [-0.2, -0.15) is 0 Å². The maximum absolute atomic E-state index is 2.52. The molecule has 0 saturated carbocycles. The molecule has 1 heterocycles. The second kappa shape index (κ2) is 16.1. The predicted molar refractivity (Wildman–Crippen MR) is 299 cm³/mol. The number of nitrogens with zero attached hydrogens (tertiary/aromatic N) is 2. The molecule has 1 aromatic heterocycles. The summed E-state index contributed by atoms with van der Waals surface area (Å²) in [5.74, 6) is 0. The van der Waals surface area contributed by atoms with E-state index in [9.17, 15) is 0 Å². The second-order valence-electron chi connectivity index (χ2n) is 19.8. The van der Waals surface area contributed by atoms with Crippen LogP contribution in [-0.2, 0) is 12.5 Å². The third-order valence-corrected chi connectivity index (χ3v) is 15.5. The minimum absolute atomic E-state index is 0.310. The van der Waals surface area contributed by atoms with Crippen LogP contribution in [-0.4, -0.2) is 4.57 Å². The number of aromatic nitrogens is 1. The highest BCUT2D eigenvalue weighted by Crippen LogP contribution is 2.56. The fourth-order valence-corrected chi connectivity index (χ4v) is 11.9. The van der Waals surface area contributed by atoms with Crippen molar-refractivity contribution < 1.29 is 0 Å². The Morgan fingerprint density at radius 1 is 0.357 bits per heavy atom. The van der Waals surface area contributed by atoms with Crippen molar-refractivity contribution in [2.24, 2.45) is 7.05 Å². The average molecular weight is 897 g/mol. The first kappa shape index (κ1) is 41.7. The quantitative estimate of drug-likeness (QED) is 0.155. The molecule has 13 rings (SSSR count). The summed E-state index contributed by atoms with van der Waals surface area (Å²) >= 11 is 0. The van der Waals surface area contributed by atoms with E-state index in [4.69, 9.17) is 0 Å². The lowest BCUT2D eigenvalue weighted by Crippen LogP contribution is -2.17. The van der Waals surface area contributed by atoms with Crippen molar-refractivity contribution in [3.8, 4) is 55.6 Å². The monoisotopic (exact) mass is 896 g/mol. The van der Waals surface area contributed by atoms with Crippen LogP contribution in [0.5, 0.6) is 0 Å². The Labute approximate surface area is 410 Å². The average Bonchev–Trinajstić information content (AvgIpc) is 3.81. The minimum atomic E-state index is -0.310. The van der Waals surface area contributed by atoms with Crippen LogP contribution in [0.3, 0.4) is 0 Å². The maximum Gasteiger partial charge on any atom is 0.0543 e. The minimum Gasteiger partial charge on any atom is -0.344 e. The molecule has 12 aromatic rings. The summed E-state index contributed by atoms with van der Waals surface area (Å²) in [7, 11) is 2.18. The number of aryl methyl sites for hydroxylation is 3. The number of para-hydroxylation sites is 1. The molecule has 11 aromatic carbocycles. The van der Waals surface area contributed by atoms with Crippen LogP contribution in [0, 0.1) is 13.8 Å². The summed E-state index contributed by atoms with van der Waals surface area (Å²) in [6.07, 6.45) is 0. The Balaban J connectivity index is 1.01. The molecule has 1 aliphatic rings. The number of fused-ring (bicyclic) bond motifs is 9. The molecule has 0 N–H and O–H groups in total. The van der Waals surface area contributed by atoms with Gasteiger partial charge in [0, 0.05) is 51.0 Å². The summed E-state index contributed by atoms with van der Waals surface area (Å²) in [5, 5.41) is 7.51. The summed E-state index contributed by atoms with van der Waals surface area (Å²) in [6, 6.07) is 83.7. The van der Waals surface area contributed by atoms with Crippen LogP contribution in [0.4, 0.5) is 17.1 Å². The fourth-order valence-electron chi connectivity index (χ4n) is 11.9. The molecule has 70 heavy (non-hydrogen) atoms. The van der Waals surface area contributed by atoms with Gasteiger partial charge in [-0.25, -0.2) is 0 Å². The van der Waals surface area contributed by atoms with Gasteiger partial charge in [-0.05, 0) is 162 Å². The highest BCUT2D eigenvalue weighted by molar-refractivity contribution is 6.13. The van der Waals surface area contributed by atoms with Gasteiger partial charge in [0.05, 0.1) is 5.69 Å². The topological polar surface area (TPSA) is 8.17 Å². The van der Waals surface area contributed by atoms with Gasteiger partial charge in [0.1, 0.15) is 0 Å². The maximum atomic E-state index is 2.52. The molecule has 0 aliphatic heterocycles. The molecular formula is C68H52N2. The van der Waals surface area contributed by atoms with Crippen LogP contribution >= 0.6 is 0 Å². The Kier molecular flexibility index (Phi) is 9.58. The van der Waals surface area contributed by atoms with Crippen LogP contribution in [0.25, 0.3) is 99.0 Å². The lowest BCUT2D eigenvalue weighted by Gasteiger charge is -2.30. The van der Waals surface area contributed by atoms with Crippen molar-refractivity contribution in [2.75, 3.05) is 4.90 Å². The van der Waals surface area contributed by atoms with Crippen molar-refractivity contribution in [1.29, 1.82) is 0 Å². The van der Waals surface area contributed by atoms with Gasteiger partial charge in [0.2, 0.25) is 0 Å². The SMILES string of the molecule is Cc1ccccc1-c1ccc(N(c2ccc3c(c2)c2ccccc2n3C)c2cc3c(c4ccccc24)-c2ccc(-c4cc(-c5cccc6ccccc56)ccc4-c4ccccc4)cc2C3(C)C)cc1C. The Morgan fingerprint density at radius 3 is 1.77 bits per heavy atom. The van der Waals surface area contributed by atoms with E-state index in [2.05, 4.69) is 269 Å². The lowest BCUT2D eigenvalue weighted by molar-refractivity contribution is 0.661. The molecule has 0 unspecified atom stereocenters. The van der Waals surface area contributed by atoms with Crippen molar-refractivity contribution >= 4 is 60.4 Å². The zero-order valence-electron chi connectivity index (χ0n) is 40.3. The molecule has 2 heteroatoms. The van der Waals surface area contributed by atoms with Gasteiger partial charge in [-0.1, -0.05) is 184 Å². The van der Waals surface area contributed by atoms with Gasteiger partial charge >= 0.3 is 0 Å². The molecule has 0 bridgehead atoms. The molecule has 334 valence electrons. The highest BCUT2D eigenvalue weighted by Gasteiger charge is 2.38. The second-order valence-corrected chi connectivity index (χ2v) is 19.8. The largest absolute Gasteiger partial charge is 0.344 e. The summed E-state index contributed by atoms with van der Waals surface area (Å²) in [6.45, 7) is 9.33. The van der Waals surface area contributed by atoms with E-state index in [0.717, 1.165) is 11.4 Å². The van der Waals surface area contributed by atoms with Crippen molar-refractivity contribution in [3.05, 3.63) is 247 Å². The molecule has 0 saturated heterocycles. The first-order valence-electron chi connectivity index (χ1n) is 24.6. The Morgan fingerprint density at radius 2 is 0.957 bits per heavy atom. The standard InChI is InChI=1S/C68H52N2/c1-43-18-9-11-23-51(43)52-36-32-49(38-44(52)2)70(50-33-37-65-61(41-50)57-26-15-16-29-64(57)69(65)5)66-42-63-67(58-27-14-13-25-56(58)66)59-35-31-48(40-62(59)68(63,3)4)60-39-47(30-34-55(60)45-19-7-6-8-20-45)54-28-17-22-46-21-10-12-24-53(46)54/h6-42H,1-5H3. The Bertz CT molecular complexity index is 4070. The van der Waals surface area contributed by atoms with E-state index in [1.807, 2.05) is 0 Å².